The van der Waals surface area contributed by atoms with Gasteiger partial charge >= 0.3 is 0 Å². The van der Waals surface area contributed by atoms with Gasteiger partial charge < -0.3 is 10.2 Å². The molecule has 0 unspecified atom stereocenters. The largest absolute Gasteiger partial charge is 0.352 e. The molecule has 0 saturated heterocycles. The second kappa shape index (κ2) is 10.8. The van der Waals surface area contributed by atoms with Gasteiger partial charge in [-0.3, -0.25) is 13.9 Å². The average Bonchev–Trinajstić information content (AvgIpc) is 3.29. The molecule has 0 radical (unpaired) electrons. The van der Waals surface area contributed by atoms with E-state index in [4.69, 9.17) is 0 Å². The summed E-state index contributed by atoms with van der Waals surface area (Å²) in [6.45, 7) is 3.51. The molecule has 1 N–H and O–H groups in total. The molecule has 2 amide bonds. The van der Waals surface area contributed by atoms with Crippen molar-refractivity contribution in [3.05, 3.63) is 65.7 Å². The number of sulfonamides is 1. The van der Waals surface area contributed by atoms with Crippen molar-refractivity contribution in [2.75, 3.05) is 17.1 Å². The predicted octanol–water partition coefficient (Wildman–Crippen LogP) is 3.24. The van der Waals surface area contributed by atoms with Gasteiger partial charge in [0.1, 0.15) is 12.6 Å². The molecular formula is C25H33N3O4S. The van der Waals surface area contributed by atoms with Gasteiger partial charge in [0.2, 0.25) is 21.8 Å². The summed E-state index contributed by atoms with van der Waals surface area (Å²) < 4.78 is 26.1. The fourth-order valence-electron chi connectivity index (χ4n) is 4.07. The van der Waals surface area contributed by atoms with Crippen molar-refractivity contribution in [3.63, 3.8) is 0 Å². The number of benzene rings is 2. The highest BCUT2D eigenvalue weighted by Crippen LogP contribution is 2.20. The second-order valence-electron chi connectivity index (χ2n) is 8.78. The van der Waals surface area contributed by atoms with E-state index in [-0.39, 0.29) is 25.0 Å². The van der Waals surface area contributed by atoms with Crippen LogP contribution in [0, 0.1) is 6.92 Å². The van der Waals surface area contributed by atoms with Crippen molar-refractivity contribution in [2.24, 2.45) is 0 Å². The van der Waals surface area contributed by atoms with Crippen LogP contribution in [-0.2, 0) is 26.2 Å². The molecule has 0 bridgehead atoms. The Bertz CT molecular complexity index is 1050. The highest BCUT2D eigenvalue weighted by atomic mass is 32.2. The monoisotopic (exact) mass is 471 g/mol. The van der Waals surface area contributed by atoms with Crippen molar-refractivity contribution in [1.82, 2.24) is 10.2 Å². The standard InChI is InChI=1S/C25H33N3O4S/c1-19-13-15-21(16-14-19)17-27(20(2)25(30)26-22-9-7-8-10-22)24(29)18-28(33(3,31)32)23-11-5-4-6-12-23/h4-6,11-16,20,22H,7-10,17-18H2,1-3H3,(H,26,30)/t20-/m0/s1. The number of hydrogen-bond acceptors (Lipinski definition) is 4. The van der Waals surface area contributed by atoms with Crippen LogP contribution in [0.25, 0.3) is 0 Å². The number of carbonyl (C=O) groups is 2. The fourth-order valence-corrected chi connectivity index (χ4v) is 4.92. The smallest absolute Gasteiger partial charge is 0.244 e. The van der Waals surface area contributed by atoms with E-state index < -0.39 is 22.0 Å². The van der Waals surface area contributed by atoms with Gasteiger partial charge in [0.15, 0.2) is 0 Å². The minimum absolute atomic E-state index is 0.133. The van der Waals surface area contributed by atoms with Crippen LogP contribution in [-0.4, -0.2) is 50.0 Å². The van der Waals surface area contributed by atoms with Crippen molar-refractivity contribution < 1.29 is 18.0 Å². The molecule has 33 heavy (non-hydrogen) atoms. The van der Waals surface area contributed by atoms with E-state index in [9.17, 15) is 18.0 Å². The second-order valence-corrected chi connectivity index (χ2v) is 10.7. The Kier molecular flexibility index (Phi) is 8.13. The lowest BCUT2D eigenvalue weighted by Crippen LogP contribution is -2.52. The third-order valence-electron chi connectivity index (χ3n) is 6.07. The van der Waals surface area contributed by atoms with Crippen molar-refractivity contribution in [2.45, 2.75) is 58.2 Å². The summed E-state index contributed by atoms with van der Waals surface area (Å²) in [6.07, 6.45) is 5.14. The van der Waals surface area contributed by atoms with Gasteiger partial charge in [-0.25, -0.2) is 8.42 Å². The molecule has 1 saturated carbocycles. The molecule has 178 valence electrons. The highest BCUT2D eigenvalue weighted by Gasteiger charge is 2.31. The van der Waals surface area contributed by atoms with E-state index in [0.717, 1.165) is 47.4 Å². The quantitative estimate of drug-likeness (QED) is 0.608. The molecule has 0 spiro atoms. The van der Waals surface area contributed by atoms with Crippen molar-refractivity contribution in [1.29, 1.82) is 0 Å². The summed E-state index contributed by atoms with van der Waals surface area (Å²) in [6, 6.07) is 15.7. The molecule has 2 aromatic rings. The number of aryl methyl sites for hydroxylation is 1. The summed E-state index contributed by atoms with van der Waals surface area (Å²) in [5.74, 6) is -0.646. The molecule has 1 aliphatic carbocycles. The van der Waals surface area contributed by atoms with Crippen LogP contribution >= 0.6 is 0 Å². The molecule has 2 aromatic carbocycles. The van der Waals surface area contributed by atoms with Gasteiger partial charge in [0.05, 0.1) is 11.9 Å². The molecule has 3 rings (SSSR count). The fraction of sp³-hybridized carbons (Fsp3) is 0.440. The molecule has 7 nitrogen and oxygen atoms in total. The van der Waals surface area contributed by atoms with Crippen LogP contribution in [0.15, 0.2) is 54.6 Å². The zero-order valence-corrected chi connectivity index (χ0v) is 20.3. The van der Waals surface area contributed by atoms with Crippen LogP contribution in [0.3, 0.4) is 0 Å². The lowest BCUT2D eigenvalue weighted by Gasteiger charge is -2.32. The SMILES string of the molecule is Cc1ccc(CN(C(=O)CN(c2ccccc2)S(C)(=O)=O)[C@@H](C)C(=O)NC2CCCC2)cc1. The number of hydrogen-bond donors (Lipinski definition) is 1. The van der Waals surface area contributed by atoms with E-state index in [2.05, 4.69) is 5.32 Å². The number of anilines is 1. The maximum atomic E-state index is 13.5. The average molecular weight is 472 g/mol. The first-order chi connectivity index (χ1) is 15.6. The number of carbonyl (C=O) groups excluding carboxylic acids is 2. The first-order valence-corrected chi connectivity index (χ1v) is 13.2. The van der Waals surface area contributed by atoms with Crippen LogP contribution in [0.2, 0.25) is 0 Å². The molecule has 1 fully saturated rings. The minimum Gasteiger partial charge on any atom is -0.352 e. The molecule has 0 aliphatic heterocycles. The topological polar surface area (TPSA) is 86.8 Å². The Labute approximate surface area is 196 Å². The Morgan fingerprint density at radius 1 is 1.03 bits per heavy atom. The van der Waals surface area contributed by atoms with Gasteiger partial charge in [-0.1, -0.05) is 60.9 Å². The summed E-state index contributed by atoms with van der Waals surface area (Å²) >= 11 is 0. The van der Waals surface area contributed by atoms with Gasteiger partial charge in [0.25, 0.3) is 0 Å². The third kappa shape index (κ3) is 6.81. The Morgan fingerprint density at radius 3 is 2.21 bits per heavy atom. The molecule has 8 heteroatoms. The number of nitrogens with one attached hydrogen (secondary N) is 1. The summed E-state index contributed by atoms with van der Waals surface area (Å²) in [4.78, 5) is 27.9. The molecular weight excluding hydrogens is 438 g/mol. The van der Waals surface area contributed by atoms with Crippen molar-refractivity contribution >= 4 is 27.5 Å². The van der Waals surface area contributed by atoms with E-state index in [0.29, 0.717) is 5.69 Å². The van der Waals surface area contributed by atoms with Gasteiger partial charge in [0, 0.05) is 12.6 Å². The summed E-state index contributed by atoms with van der Waals surface area (Å²) in [5.41, 5.74) is 2.38. The third-order valence-corrected chi connectivity index (χ3v) is 7.21. The minimum atomic E-state index is -3.70. The molecule has 0 aromatic heterocycles. The highest BCUT2D eigenvalue weighted by molar-refractivity contribution is 7.92. The van der Waals surface area contributed by atoms with Gasteiger partial charge in [-0.15, -0.1) is 0 Å². The van der Waals surface area contributed by atoms with Crippen LogP contribution in [0.5, 0.6) is 0 Å². The van der Waals surface area contributed by atoms with Crippen LogP contribution in [0.1, 0.15) is 43.7 Å². The van der Waals surface area contributed by atoms with Gasteiger partial charge in [-0.05, 0) is 44.4 Å². The van der Waals surface area contributed by atoms with E-state index >= 15 is 0 Å². The molecule has 0 heterocycles. The van der Waals surface area contributed by atoms with Gasteiger partial charge in [-0.2, -0.15) is 0 Å². The van der Waals surface area contributed by atoms with E-state index in [1.807, 2.05) is 31.2 Å². The number of nitrogens with zero attached hydrogens (tertiary/aromatic N) is 2. The van der Waals surface area contributed by atoms with E-state index in [1.165, 1.54) is 4.90 Å². The number of para-hydroxylation sites is 1. The lowest BCUT2D eigenvalue weighted by atomic mass is 10.1. The summed E-state index contributed by atoms with van der Waals surface area (Å²) in [5, 5.41) is 3.06. The lowest BCUT2D eigenvalue weighted by molar-refractivity contribution is -0.139. The maximum Gasteiger partial charge on any atom is 0.244 e. The molecule has 1 aliphatic rings. The van der Waals surface area contributed by atoms with Crippen LogP contribution < -0.4 is 9.62 Å². The Hall–Kier alpha value is -2.87. The molecule has 1 atom stereocenters. The zero-order valence-electron chi connectivity index (χ0n) is 19.5. The maximum absolute atomic E-state index is 13.5. The first kappa shape index (κ1) is 24.8. The Balaban J connectivity index is 1.85. The summed E-state index contributed by atoms with van der Waals surface area (Å²) in [7, 11) is -3.70. The predicted molar refractivity (Wildman–Crippen MR) is 130 cm³/mol. The van der Waals surface area contributed by atoms with Crippen molar-refractivity contribution in [3.8, 4) is 0 Å². The Morgan fingerprint density at radius 2 is 1.64 bits per heavy atom. The number of rotatable bonds is 9. The first-order valence-electron chi connectivity index (χ1n) is 11.3. The zero-order chi connectivity index (χ0) is 24.0. The number of amides is 2. The normalized spacial score (nSPS) is 15.1. The van der Waals surface area contributed by atoms with E-state index in [1.54, 1.807) is 37.3 Å². The van der Waals surface area contributed by atoms with Crippen LogP contribution in [0.4, 0.5) is 5.69 Å².